The molecule has 1 aromatic carbocycles. The molecule has 1 rings (SSSR count). The second-order valence-electron chi connectivity index (χ2n) is 4.22. The van der Waals surface area contributed by atoms with E-state index in [0.29, 0.717) is 11.8 Å². The van der Waals surface area contributed by atoms with Gasteiger partial charge in [0.25, 0.3) is 0 Å². The van der Waals surface area contributed by atoms with E-state index in [1.54, 1.807) is 31.2 Å². The highest BCUT2D eigenvalue weighted by Gasteiger charge is 2.40. The van der Waals surface area contributed by atoms with Gasteiger partial charge in [0.2, 0.25) is 0 Å². The summed E-state index contributed by atoms with van der Waals surface area (Å²) in [5.74, 6) is -0.728. The third kappa shape index (κ3) is 3.14. The van der Waals surface area contributed by atoms with Crippen LogP contribution in [0.1, 0.15) is 12.5 Å². The van der Waals surface area contributed by atoms with E-state index in [1.165, 1.54) is 13.1 Å². The molecule has 1 unspecified atom stereocenters. The van der Waals surface area contributed by atoms with Crippen LogP contribution in [-0.4, -0.2) is 41.5 Å². The van der Waals surface area contributed by atoms with E-state index in [9.17, 15) is 14.4 Å². The average Bonchev–Trinajstić information content (AvgIpc) is 2.43. The number of hydrogen-bond acceptors (Lipinski definition) is 3. The van der Waals surface area contributed by atoms with Crippen molar-refractivity contribution < 1.29 is 24.0 Å². The lowest BCUT2D eigenvalue weighted by Crippen LogP contribution is -2.53. The standard InChI is InChI=1S/C14H15NO4/c1-3-15(2,14(18)19)13(17)12(10-16)9-11-7-5-4-6-8-11/h4-10H,3H2,1-2H3/p+1. The highest BCUT2D eigenvalue weighted by atomic mass is 16.4. The molecular weight excluding hydrogens is 246 g/mol. The minimum atomic E-state index is -1.28. The van der Waals surface area contributed by atoms with Crippen LogP contribution < -0.4 is 0 Å². The lowest BCUT2D eigenvalue weighted by atomic mass is 10.1. The molecule has 1 atom stereocenters. The summed E-state index contributed by atoms with van der Waals surface area (Å²) in [5, 5.41) is 9.12. The van der Waals surface area contributed by atoms with Crippen molar-refractivity contribution in [2.75, 3.05) is 13.6 Å². The van der Waals surface area contributed by atoms with Crippen LogP contribution in [0.3, 0.4) is 0 Å². The van der Waals surface area contributed by atoms with Crippen LogP contribution in [0.4, 0.5) is 4.79 Å². The number of amides is 2. The van der Waals surface area contributed by atoms with E-state index in [2.05, 4.69) is 0 Å². The van der Waals surface area contributed by atoms with Gasteiger partial charge in [0, 0.05) is 0 Å². The maximum atomic E-state index is 12.2. The number of likely N-dealkylation sites (N-methyl/N-ethyl adjacent to an activating group) is 1. The number of imide groups is 1. The zero-order chi connectivity index (χ0) is 14.5. The maximum absolute atomic E-state index is 12.2. The lowest BCUT2D eigenvalue weighted by Gasteiger charge is -2.23. The van der Waals surface area contributed by atoms with Gasteiger partial charge in [-0.05, 0) is 18.6 Å². The van der Waals surface area contributed by atoms with Crippen molar-refractivity contribution in [3.63, 3.8) is 0 Å². The van der Waals surface area contributed by atoms with Crippen LogP contribution in [0, 0.1) is 0 Å². The summed E-state index contributed by atoms with van der Waals surface area (Å²) in [7, 11) is 1.27. The van der Waals surface area contributed by atoms with Gasteiger partial charge >= 0.3 is 12.0 Å². The summed E-state index contributed by atoms with van der Waals surface area (Å²) in [6.07, 6.45) is 0.503. The molecule has 0 saturated heterocycles. The molecule has 0 spiro atoms. The summed E-state index contributed by atoms with van der Waals surface area (Å²) in [6.45, 7) is 1.64. The Morgan fingerprint density at radius 3 is 2.26 bits per heavy atom. The summed E-state index contributed by atoms with van der Waals surface area (Å²) >= 11 is 0. The molecule has 5 nitrogen and oxygen atoms in total. The molecule has 0 heterocycles. The Bertz CT molecular complexity index is 522. The summed E-state index contributed by atoms with van der Waals surface area (Å²) < 4.78 is -0.850. The summed E-state index contributed by atoms with van der Waals surface area (Å²) in [5.41, 5.74) is 0.518. The molecule has 0 aliphatic rings. The number of hydrogen-bond donors (Lipinski definition) is 1. The number of carbonyl (C=O) groups excluding carboxylic acids is 2. The Balaban J connectivity index is 3.18. The number of rotatable bonds is 4. The third-order valence-corrected chi connectivity index (χ3v) is 3.00. The van der Waals surface area contributed by atoms with Crippen molar-refractivity contribution in [1.82, 2.24) is 0 Å². The van der Waals surface area contributed by atoms with Gasteiger partial charge in [0.1, 0.15) is 5.57 Å². The number of nitrogens with zero attached hydrogens (tertiary/aromatic N) is 1. The smallest absolute Gasteiger partial charge is 0.435 e. The lowest BCUT2D eigenvalue weighted by molar-refractivity contribution is -0.755. The molecule has 0 aliphatic heterocycles. The Morgan fingerprint density at radius 2 is 1.84 bits per heavy atom. The minimum Gasteiger partial charge on any atom is -0.435 e. The highest BCUT2D eigenvalue weighted by Crippen LogP contribution is 2.13. The number of carbonyl (C=O) groups is 3. The topological polar surface area (TPSA) is 71.4 Å². The number of benzene rings is 1. The van der Waals surface area contributed by atoms with Crippen LogP contribution in [0.5, 0.6) is 0 Å². The first-order chi connectivity index (χ1) is 8.95. The molecule has 1 aromatic rings. The normalized spacial score (nSPS) is 14.5. The summed E-state index contributed by atoms with van der Waals surface area (Å²) in [6, 6.07) is 8.80. The molecule has 5 heteroatoms. The van der Waals surface area contributed by atoms with Crippen LogP contribution in [0.15, 0.2) is 35.9 Å². The van der Waals surface area contributed by atoms with Gasteiger partial charge in [-0.25, -0.2) is 4.79 Å². The van der Waals surface area contributed by atoms with Crippen molar-refractivity contribution in [1.29, 1.82) is 0 Å². The molecule has 0 aromatic heterocycles. The zero-order valence-electron chi connectivity index (χ0n) is 10.9. The van der Waals surface area contributed by atoms with E-state index < -0.39 is 16.5 Å². The van der Waals surface area contributed by atoms with Crippen LogP contribution >= 0.6 is 0 Å². The zero-order valence-corrected chi connectivity index (χ0v) is 10.9. The second kappa shape index (κ2) is 6.06. The predicted molar refractivity (Wildman–Crippen MR) is 70.2 cm³/mol. The first kappa shape index (κ1) is 14.8. The number of carboxylic acid groups (broad SMARTS) is 1. The molecule has 1 N–H and O–H groups in total. The van der Waals surface area contributed by atoms with E-state index in [4.69, 9.17) is 5.11 Å². The molecule has 0 radical (unpaired) electrons. The molecule has 0 bridgehead atoms. The molecule has 0 aliphatic carbocycles. The first-order valence-electron chi connectivity index (χ1n) is 5.81. The highest BCUT2D eigenvalue weighted by molar-refractivity contribution is 6.13. The molecule has 0 saturated carbocycles. The third-order valence-electron chi connectivity index (χ3n) is 3.00. The van der Waals surface area contributed by atoms with Gasteiger partial charge in [-0.2, -0.15) is 9.28 Å². The van der Waals surface area contributed by atoms with Crippen LogP contribution in [0.25, 0.3) is 6.08 Å². The SMILES string of the molecule is CC[N+](C)(C(=O)O)C(=O)C(C=O)=Cc1ccccc1. The molecule has 0 fully saturated rings. The summed E-state index contributed by atoms with van der Waals surface area (Å²) in [4.78, 5) is 34.4. The molecular formula is C14H16NO4+. The predicted octanol–water partition coefficient (Wildman–Crippen LogP) is 1.94. The fraction of sp³-hybridized carbons (Fsp3) is 0.214. The van der Waals surface area contributed by atoms with Gasteiger partial charge in [-0.1, -0.05) is 30.3 Å². The van der Waals surface area contributed by atoms with Crippen molar-refractivity contribution in [3.8, 4) is 0 Å². The second-order valence-corrected chi connectivity index (χ2v) is 4.22. The van der Waals surface area contributed by atoms with Crippen LogP contribution in [-0.2, 0) is 9.59 Å². The van der Waals surface area contributed by atoms with Gasteiger partial charge in [-0.15, -0.1) is 0 Å². The Kier molecular flexibility index (Phi) is 4.72. The Morgan fingerprint density at radius 1 is 1.26 bits per heavy atom. The van der Waals surface area contributed by atoms with Crippen molar-refractivity contribution >= 4 is 24.4 Å². The molecule has 2 amide bonds. The van der Waals surface area contributed by atoms with E-state index in [-0.39, 0.29) is 12.1 Å². The monoisotopic (exact) mass is 262 g/mol. The maximum Gasteiger partial charge on any atom is 0.521 e. The van der Waals surface area contributed by atoms with Crippen molar-refractivity contribution in [2.45, 2.75) is 6.92 Å². The fourth-order valence-corrected chi connectivity index (χ4v) is 1.53. The number of aldehydes is 1. The van der Waals surface area contributed by atoms with Gasteiger partial charge < -0.3 is 5.11 Å². The van der Waals surface area contributed by atoms with Gasteiger partial charge in [-0.3, -0.25) is 4.79 Å². The minimum absolute atomic E-state index is 0.0636. The Labute approximate surface area is 111 Å². The first-order valence-corrected chi connectivity index (χ1v) is 5.81. The average molecular weight is 262 g/mol. The van der Waals surface area contributed by atoms with Gasteiger partial charge in [0.15, 0.2) is 6.29 Å². The molecule has 19 heavy (non-hydrogen) atoms. The Hall–Kier alpha value is -2.27. The quantitative estimate of drug-likeness (QED) is 0.296. The largest absolute Gasteiger partial charge is 0.521 e. The number of quaternary nitrogens is 1. The van der Waals surface area contributed by atoms with E-state index in [0.717, 1.165) is 0 Å². The van der Waals surface area contributed by atoms with Crippen molar-refractivity contribution in [3.05, 3.63) is 41.5 Å². The van der Waals surface area contributed by atoms with Crippen molar-refractivity contribution in [2.24, 2.45) is 0 Å². The van der Waals surface area contributed by atoms with Crippen LogP contribution in [0.2, 0.25) is 0 Å². The molecule has 100 valence electrons. The van der Waals surface area contributed by atoms with Gasteiger partial charge in [0.05, 0.1) is 13.6 Å². The van der Waals surface area contributed by atoms with E-state index in [1.807, 2.05) is 6.07 Å². The van der Waals surface area contributed by atoms with E-state index >= 15 is 0 Å². The fourth-order valence-electron chi connectivity index (χ4n) is 1.53.